The molecule has 1 aromatic heterocycles. The van der Waals surface area contributed by atoms with Crippen molar-refractivity contribution < 1.29 is 18.7 Å². The highest BCUT2D eigenvalue weighted by molar-refractivity contribution is 6.09. The van der Waals surface area contributed by atoms with Crippen molar-refractivity contribution in [2.75, 3.05) is 20.3 Å². The van der Waals surface area contributed by atoms with E-state index in [1.54, 1.807) is 19.4 Å². The lowest BCUT2D eigenvalue weighted by Gasteiger charge is -2.16. The average Bonchev–Trinajstić information content (AvgIpc) is 3.16. The number of furan rings is 1. The van der Waals surface area contributed by atoms with E-state index in [1.807, 2.05) is 49.4 Å². The standard InChI is InChI=1S/C20H21NO4/c1-3-24-17-11-10-14-7-4-5-8-15(14)19(17)20(22)21-13-18(23-2)16-9-6-12-25-16/h4-12,18H,3,13H2,1-2H3,(H,21,22)/t18-/m0/s1. The molecule has 1 heterocycles. The minimum Gasteiger partial charge on any atom is -0.493 e. The molecule has 3 aromatic rings. The van der Waals surface area contributed by atoms with Gasteiger partial charge in [-0.05, 0) is 35.9 Å². The number of rotatable bonds is 7. The zero-order chi connectivity index (χ0) is 17.6. The number of fused-ring (bicyclic) bond motifs is 1. The molecule has 0 unspecified atom stereocenters. The number of benzene rings is 2. The third kappa shape index (κ3) is 3.67. The van der Waals surface area contributed by atoms with Crippen molar-refractivity contribution in [1.82, 2.24) is 5.32 Å². The van der Waals surface area contributed by atoms with Crippen LogP contribution >= 0.6 is 0 Å². The molecule has 0 fully saturated rings. The Balaban J connectivity index is 1.86. The topological polar surface area (TPSA) is 60.7 Å². The molecular weight excluding hydrogens is 318 g/mol. The van der Waals surface area contributed by atoms with Gasteiger partial charge in [-0.25, -0.2) is 0 Å². The molecular formula is C20H21NO4. The second-order valence-corrected chi connectivity index (χ2v) is 5.54. The Bertz CT molecular complexity index is 842. The fourth-order valence-corrected chi connectivity index (χ4v) is 2.81. The van der Waals surface area contributed by atoms with Gasteiger partial charge in [-0.15, -0.1) is 0 Å². The molecule has 1 N–H and O–H groups in total. The van der Waals surface area contributed by atoms with Crippen molar-refractivity contribution in [3.8, 4) is 5.75 Å². The predicted molar refractivity (Wildman–Crippen MR) is 95.9 cm³/mol. The van der Waals surface area contributed by atoms with Crippen molar-refractivity contribution in [3.05, 3.63) is 66.1 Å². The molecule has 3 rings (SSSR count). The number of amides is 1. The van der Waals surface area contributed by atoms with Crippen LogP contribution in [0.25, 0.3) is 10.8 Å². The zero-order valence-corrected chi connectivity index (χ0v) is 14.3. The summed E-state index contributed by atoms with van der Waals surface area (Å²) >= 11 is 0. The van der Waals surface area contributed by atoms with Crippen LogP contribution in [0, 0.1) is 0 Å². The van der Waals surface area contributed by atoms with E-state index >= 15 is 0 Å². The number of carbonyl (C=O) groups is 1. The smallest absolute Gasteiger partial charge is 0.255 e. The van der Waals surface area contributed by atoms with Crippen LogP contribution in [0.15, 0.2) is 59.2 Å². The van der Waals surface area contributed by atoms with Crippen molar-refractivity contribution >= 4 is 16.7 Å². The van der Waals surface area contributed by atoms with Crippen LogP contribution in [-0.2, 0) is 4.74 Å². The van der Waals surface area contributed by atoms with Crippen molar-refractivity contribution in [1.29, 1.82) is 0 Å². The van der Waals surface area contributed by atoms with Gasteiger partial charge in [0.05, 0.1) is 25.0 Å². The van der Waals surface area contributed by atoms with E-state index in [4.69, 9.17) is 13.9 Å². The first-order valence-electron chi connectivity index (χ1n) is 8.23. The van der Waals surface area contributed by atoms with Crippen LogP contribution in [-0.4, -0.2) is 26.2 Å². The summed E-state index contributed by atoms with van der Waals surface area (Å²) in [5.74, 6) is 1.05. The maximum atomic E-state index is 12.9. The Morgan fingerprint density at radius 1 is 1.16 bits per heavy atom. The number of ether oxygens (including phenoxy) is 2. The zero-order valence-electron chi connectivity index (χ0n) is 14.3. The summed E-state index contributed by atoms with van der Waals surface area (Å²) < 4.78 is 16.4. The number of hydrogen-bond acceptors (Lipinski definition) is 4. The Morgan fingerprint density at radius 2 is 2.00 bits per heavy atom. The normalized spacial score (nSPS) is 12.1. The average molecular weight is 339 g/mol. The highest BCUT2D eigenvalue weighted by atomic mass is 16.5. The SMILES string of the molecule is CCOc1ccc2ccccc2c1C(=O)NC[C@H](OC)c1ccco1. The largest absolute Gasteiger partial charge is 0.493 e. The molecule has 0 radical (unpaired) electrons. The monoisotopic (exact) mass is 339 g/mol. The molecule has 5 heteroatoms. The maximum absolute atomic E-state index is 12.9. The fourth-order valence-electron chi connectivity index (χ4n) is 2.81. The van der Waals surface area contributed by atoms with Crippen LogP contribution in [0.3, 0.4) is 0 Å². The Kier molecular flexibility index (Phi) is 5.36. The van der Waals surface area contributed by atoms with Gasteiger partial charge < -0.3 is 19.2 Å². The summed E-state index contributed by atoms with van der Waals surface area (Å²) in [6, 6.07) is 15.2. The second-order valence-electron chi connectivity index (χ2n) is 5.54. The van der Waals surface area contributed by atoms with E-state index in [1.165, 1.54) is 0 Å². The third-order valence-electron chi connectivity index (χ3n) is 4.01. The molecule has 0 spiro atoms. The van der Waals surface area contributed by atoms with Crippen LogP contribution in [0.5, 0.6) is 5.75 Å². The van der Waals surface area contributed by atoms with Gasteiger partial charge in [0.1, 0.15) is 17.6 Å². The lowest BCUT2D eigenvalue weighted by atomic mass is 10.0. The minimum atomic E-state index is -0.343. The van der Waals surface area contributed by atoms with E-state index in [2.05, 4.69) is 5.32 Å². The van der Waals surface area contributed by atoms with Crippen LogP contribution < -0.4 is 10.1 Å². The Morgan fingerprint density at radius 3 is 2.72 bits per heavy atom. The summed E-state index contributed by atoms with van der Waals surface area (Å²) in [4.78, 5) is 12.9. The first-order valence-corrected chi connectivity index (χ1v) is 8.23. The van der Waals surface area contributed by atoms with Gasteiger partial charge in [-0.3, -0.25) is 4.79 Å². The first kappa shape index (κ1) is 17.0. The third-order valence-corrected chi connectivity index (χ3v) is 4.01. The molecule has 130 valence electrons. The van der Waals surface area contributed by atoms with Crippen LogP contribution in [0.2, 0.25) is 0 Å². The van der Waals surface area contributed by atoms with Crippen molar-refractivity contribution in [3.63, 3.8) is 0 Å². The highest BCUT2D eigenvalue weighted by Gasteiger charge is 2.19. The van der Waals surface area contributed by atoms with Crippen LogP contribution in [0.4, 0.5) is 0 Å². The van der Waals surface area contributed by atoms with E-state index in [0.717, 1.165) is 10.8 Å². The molecule has 0 saturated heterocycles. The van der Waals surface area contributed by atoms with Gasteiger partial charge in [0.15, 0.2) is 0 Å². The second kappa shape index (κ2) is 7.85. The molecule has 1 atom stereocenters. The molecule has 0 aliphatic heterocycles. The number of nitrogens with one attached hydrogen (secondary N) is 1. The molecule has 0 saturated carbocycles. The molecule has 0 bridgehead atoms. The van der Waals surface area contributed by atoms with Gasteiger partial charge in [0.25, 0.3) is 5.91 Å². The summed E-state index contributed by atoms with van der Waals surface area (Å²) in [6.45, 7) is 2.69. The Labute approximate surface area is 146 Å². The Hall–Kier alpha value is -2.79. The molecule has 1 amide bonds. The van der Waals surface area contributed by atoms with E-state index < -0.39 is 0 Å². The number of methoxy groups -OCH3 is 1. The molecule has 0 aliphatic carbocycles. The predicted octanol–water partition coefficient (Wildman–Crippen LogP) is 3.95. The van der Waals surface area contributed by atoms with Crippen molar-refractivity contribution in [2.45, 2.75) is 13.0 Å². The molecule has 0 aliphatic rings. The van der Waals surface area contributed by atoms with E-state index in [-0.39, 0.29) is 12.0 Å². The summed E-state index contributed by atoms with van der Waals surface area (Å²) in [6.07, 6.45) is 1.24. The lowest BCUT2D eigenvalue weighted by molar-refractivity contribution is 0.0737. The van der Waals surface area contributed by atoms with Gasteiger partial charge >= 0.3 is 0 Å². The minimum absolute atomic E-state index is 0.200. The van der Waals surface area contributed by atoms with E-state index in [9.17, 15) is 4.79 Å². The summed E-state index contributed by atoms with van der Waals surface area (Å²) in [7, 11) is 1.59. The maximum Gasteiger partial charge on any atom is 0.255 e. The van der Waals surface area contributed by atoms with Gasteiger partial charge in [0, 0.05) is 7.11 Å². The molecule has 5 nitrogen and oxygen atoms in total. The van der Waals surface area contributed by atoms with E-state index in [0.29, 0.717) is 30.2 Å². The number of carbonyl (C=O) groups excluding carboxylic acids is 1. The van der Waals surface area contributed by atoms with Gasteiger partial charge in [-0.1, -0.05) is 30.3 Å². The van der Waals surface area contributed by atoms with Crippen LogP contribution in [0.1, 0.15) is 29.1 Å². The van der Waals surface area contributed by atoms with Gasteiger partial charge in [0.2, 0.25) is 0 Å². The summed E-state index contributed by atoms with van der Waals surface area (Å²) in [5.41, 5.74) is 0.536. The summed E-state index contributed by atoms with van der Waals surface area (Å²) in [5, 5.41) is 4.78. The highest BCUT2D eigenvalue weighted by Crippen LogP contribution is 2.28. The van der Waals surface area contributed by atoms with Crippen molar-refractivity contribution in [2.24, 2.45) is 0 Å². The number of hydrogen-bond donors (Lipinski definition) is 1. The molecule has 2 aromatic carbocycles. The van der Waals surface area contributed by atoms with Gasteiger partial charge in [-0.2, -0.15) is 0 Å². The first-order chi connectivity index (χ1) is 12.2. The quantitative estimate of drug-likeness (QED) is 0.708. The molecule has 25 heavy (non-hydrogen) atoms. The lowest BCUT2D eigenvalue weighted by Crippen LogP contribution is -2.29. The fraction of sp³-hybridized carbons (Fsp3) is 0.250.